The summed E-state index contributed by atoms with van der Waals surface area (Å²) in [4.78, 5) is 29.0. The highest BCUT2D eigenvalue weighted by Gasteiger charge is 2.21. The molecule has 0 spiro atoms. The molecule has 6 heteroatoms. The minimum atomic E-state index is -0.911. The first-order valence-electron chi connectivity index (χ1n) is 10.2. The Hall–Kier alpha value is -3.51. The van der Waals surface area contributed by atoms with Crippen molar-refractivity contribution >= 4 is 11.7 Å². The minimum absolute atomic E-state index is 0.107. The molecule has 1 amide bonds. The number of nitrogens with one attached hydrogen (secondary N) is 1. The van der Waals surface area contributed by atoms with Gasteiger partial charge in [-0.2, -0.15) is 0 Å². The first-order chi connectivity index (χ1) is 14.8. The van der Waals surface area contributed by atoms with Crippen LogP contribution in [0.3, 0.4) is 0 Å². The highest BCUT2D eigenvalue weighted by molar-refractivity contribution is 6.00. The number of nitrogens with zero attached hydrogens (tertiary/aromatic N) is 1. The van der Waals surface area contributed by atoms with Crippen molar-refractivity contribution < 1.29 is 19.4 Å². The standard InChI is InChI=1S/C25H24N2O4/c1-25(2,30)18-9-5-16(6-10-18)15-27-23(29)20-4-3-13-26-24(20)31-19-11-7-17-8-12-22(28)21(17)14-19/h3-7,9-11,13-14,30H,8,12,15H2,1-2H3,(H,27,29). The highest BCUT2D eigenvalue weighted by atomic mass is 16.5. The molecule has 0 bridgehead atoms. The molecule has 2 N–H and O–H groups in total. The summed E-state index contributed by atoms with van der Waals surface area (Å²) in [7, 11) is 0. The van der Waals surface area contributed by atoms with E-state index in [9.17, 15) is 14.7 Å². The third-order valence-electron chi connectivity index (χ3n) is 5.35. The van der Waals surface area contributed by atoms with Crippen molar-refractivity contribution in [1.29, 1.82) is 0 Å². The lowest BCUT2D eigenvalue weighted by Gasteiger charge is -2.18. The molecule has 1 aromatic heterocycles. The molecular formula is C25H24N2O4. The Morgan fingerprint density at radius 1 is 1.13 bits per heavy atom. The number of aromatic nitrogens is 1. The number of aliphatic hydroxyl groups is 1. The number of benzene rings is 2. The predicted octanol–water partition coefficient (Wildman–Crippen LogP) is 4.16. The lowest BCUT2D eigenvalue weighted by atomic mass is 9.97. The number of carbonyl (C=O) groups excluding carboxylic acids is 2. The number of hydrogen-bond acceptors (Lipinski definition) is 5. The molecule has 0 atom stereocenters. The summed E-state index contributed by atoms with van der Waals surface area (Å²) < 4.78 is 5.86. The summed E-state index contributed by atoms with van der Waals surface area (Å²) in [5.74, 6) is 0.452. The van der Waals surface area contributed by atoms with Crippen LogP contribution < -0.4 is 10.1 Å². The molecular weight excluding hydrogens is 392 g/mol. The summed E-state index contributed by atoms with van der Waals surface area (Å²) in [6.45, 7) is 3.78. The third-order valence-corrected chi connectivity index (χ3v) is 5.35. The molecule has 3 aromatic rings. The van der Waals surface area contributed by atoms with Crippen LogP contribution in [0.4, 0.5) is 0 Å². The maximum absolute atomic E-state index is 12.8. The summed E-state index contributed by atoms with van der Waals surface area (Å²) in [5.41, 5.74) is 2.80. The lowest BCUT2D eigenvalue weighted by Crippen LogP contribution is -2.23. The van der Waals surface area contributed by atoms with Gasteiger partial charge in [-0.25, -0.2) is 4.98 Å². The van der Waals surface area contributed by atoms with E-state index in [2.05, 4.69) is 10.3 Å². The van der Waals surface area contributed by atoms with E-state index < -0.39 is 5.60 Å². The number of pyridine rings is 1. The van der Waals surface area contributed by atoms with Gasteiger partial charge in [-0.1, -0.05) is 30.3 Å². The van der Waals surface area contributed by atoms with Gasteiger partial charge in [-0.3, -0.25) is 9.59 Å². The van der Waals surface area contributed by atoms with Crippen molar-refractivity contribution in [3.8, 4) is 11.6 Å². The zero-order valence-corrected chi connectivity index (χ0v) is 17.5. The van der Waals surface area contributed by atoms with Crippen LogP contribution in [0.2, 0.25) is 0 Å². The molecule has 1 heterocycles. The van der Waals surface area contributed by atoms with Crippen LogP contribution in [0.1, 0.15) is 57.7 Å². The monoisotopic (exact) mass is 416 g/mol. The smallest absolute Gasteiger partial charge is 0.257 e. The Morgan fingerprint density at radius 3 is 2.65 bits per heavy atom. The summed E-state index contributed by atoms with van der Waals surface area (Å²) in [6, 6.07) is 16.1. The quantitative estimate of drug-likeness (QED) is 0.630. The number of carbonyl (C=O) groups is 2. The normalized spacial score (nSPS) is 13.1. The Kier molecular flexibility index (Phi) is 5.57. The molecule has 0 radical (unpaired) electrons. The van der Waals surface area contributed by atoms with E-state index in [0.29, 0.717) is 29.8 Å². The van der Waals surface area contributed by atoms with Crippen molar-refractivity contribution in [3.63, 3.8) is 0 Å². The molecule has 1 aliphatic rings. The van der Waals surface area contributed by atoms with Crippen LogP contribution in [0, 0.1) is 0 Å². The van der Waals surface area contributed by atoms with Gasteiger partial charge in [0.25, 0.3) is 5.91 Å². The van der Waals surface area contributed by atoms with Gasteiger partial charge in [-0.05, 0) is 61.2 Å². The molecule has 1 aliphatic carbocycles. The van der Waals surface area contributed by atoms with E-state index in [1.54, 1.807) is 44.3 Å². The fourth-order valence-electron chi connectivity index (χ4n) is 3.54. The van der Waals surface area contributed by atoms with E-state index in [0.717, 1.165) is 23.1 Å². The molecule has 0 aliphatic heterocycles. The van der Waals surface area contributed by atoms with Crippen molar-refractivity contribution in [1.82, 2.24) is 10.3 Å². The van der Waals surface area contributed by atoms with Crippen molar-refractivity contribution in [2.75, 3.05) is 0 Å². The fraction of sp³-hybridized carbons (Fsp3) is 0.240. The van der Waals surface area contributed by atoms with Gasteiger partial charge in [0.05, 0.1) is 5.60 Å². The van der Waals surface area contributed by atoms with E-state index in [1.165, 1.54) is 0 Å². The van der Waals surface area contributed by atoms with Crippen LogP contribution in [-0.2, 0) is 18.6 Å². The molecule has 31 heavy (non-hydrogen) atoms. The van der Waals surface area contributed by atoms with E-state index >= 15 is 0 Å². The van der Waals surface area contributed by atoms with Crippen LogP contribution >= 0.6 is 0 Å². The molecule has 0 unspecified atom stereocenters. The van der Waals surface area contributed by atoms with Crippen LogP contribution in [0.25, 0.3) is 0 Å². The van der Waals surface area contributed by atoms with Gasteiger partial charge in [0.1, 0.15) is 11.3 Å². The Morgan fingerprint density at radius 2 is 1.90 bits per heavy atom. The number of amides is 1. The maximum atomic E-state index is 12.8. The molecule has 0 saturated carbocycles. The number of rotatable bonds is 6. The van der Waals surface area contributed by atoms with E-state index in [4.69, 9.17) is 4.74 Å². The second kappa shape index (κ2) is 8.32. The van der Waals surface area contributed by atoms with Gasteiger partial charge in [-0.15, -0.1) is 0 Å². The second-order valence-corrected chi connectivity index (χ2v) is 8.14. The van der Waals surface area contributed by atoms with Gasteiger partial charge in [0, 0.05) is 24.7 Å². The molecule has 4 rings (SSSR count). The van der Waals surface area contributed by atoms with Crippen LogP contribution in [0.5, 0.6) is 11.6 Å². The molecule has 0 saturated heterocycles. The minimum Gasteiger partial charge on any atom is -0.438 e. The summed E-state index contributed by atoms with van der Waals surface area (Å²) in [5, 5.41) is 12.9. The number of fused-ring (bicyclic) bond motifs is 1. The van der Waals surface area contributed by atoms with Gasteiger partial charge in [0.15, 0.2) is 5.78 Å². The third kappa shape index (κ3) is 4.64. The Balaban J connectivity index is 1.46. The number of ether oxygens (including phenoxy) is 1. The molecule has 6 nitrogen and oxygen atoms in total. The van der Waals surface area contributed by atoms with Crippen molar-refractivity contribution in [2.24, 2.45) is 0 Å². The SMILES string of the molecule is CC(C)(O)c1ccc(CNC(=O)c2cccnc2Oc2ccc3c(c2)C(=O)CC3)cc1. The highest BCUT2D eigenvalue weighted by Crippen LogP contribution is 2.29. The lowest BCUT2D eigenvalue weighted by molar-refractivity contribution is 0.0785. The molecule has 158 valence electrons. The number of aryl methyl sites for hydroxylation is 1. The number of hydrogen-bond donors (Lipinski definition) is 2. The second-order valence-electron chi connectivity index (χ2n) is 8.14. The van der Waals surface area contributed by atoms with Crippen molar-refractivity contribution in [3.05, 3.63) is 88.6 Å². The molecule has 0 fully saturated rings. The topological polar surface area (TPSA) is 88.5 Å². The average Bonchev–Trinajstić information content (AvgIpc) is 3.12. The fourth-order valence-corrected chi connectivity index (χ4v) is 3.54. The van der Waals surface area contributed by atoms with E-state index in [-0.39, 0.29) is 17.6 Å². The zero-order chi connectivity index (χ0) is 22.0. The van der Waals surface area contributed by atoms with Crippen molar-refractivity contribution in [2.45, 2.75) is 38.8 Å². The number of Topliss-reactive ketones (excluding diaryl/α,β-unsaturated/α-hetero) is 1. The summed E-state index contributed by atoms with van der Waals surface area (Å²) >= 11 is 0. The van der Waals surface area contributed by atoms with Crippen LogP contribution in [0.15, 0.2) is 60.8 Å². The first-order valence-corrected chi connectivity index (χ1v) is 10.2. The largest absolute Gasteiger partial charge is 0.438 e. The number of ketones is 1. The zero-order valence-electron chi connectivity index (χ0n) is 17.5. The molecule has 2 aromatic carbocycles. The van der Waals surface area contributed by atoms with Gasteiger partial charge in [0.2, 0.25) is 5.88 Å². The van der Waals surface area contributed by atoms with E-state index in [1.807, 2.05) is 30.3 Å². The van der Waals surface area contributed by atoms with Crippen LogP contribution in [-0.4, -0.2) is 21.8 Å². The Labute approximate surface area is 180 Å². The van der Waals surface area contributed by atoms with Gasteiger partial charge >= 0.3 is 0 Å². The van der Waals surface area contributed by atoms with Gasteiger partial charge < -0.3 is 15.2 Å². The predicted molar refractivity (Wildman–Crippen MR) is 116 cm³/mol. The summed E-state index contributed by atoms with van der Waals surface area (Å²) in [6.07, 6.45) is 2.83. The first kappa shape index (κ1) is 20.8. The average molecular weight is 416 g/mol. The maximum Gasteiger partial charge on any atom is 0.257 e. The Bertz CT molecular complexity index is 1130.